The van der Waals surface area contributed by atoms with E-state index in [4.69, 9.17) is 70.8 Å². The van der Waals surface area contributed by atoms with Crippen LogP contribution in [0, 0.1) is 0 Å². The fourth-order valence-corrected chi connectivity index (χ4v) is 13.3. The molecule has 762 valence electrons. The van der Waals surface area contributed by atoms with Gasteiger partial charge >= 0.3 is 127 Å². The first-order valence-corrected chi connectivity index (χ1v) is 52.5. The molecule has 128 heavy (non-hydrogen) atoms. The number of carbonyl (C=O) groups is 6. The van der Waals surface area contributed by atoms with Gasteiger partial charge in [0.15, 0.2) is 0 Å². The van der Waals surface area contributed by atoms with Gasteiger partial charge in [-0.15, -0.1) is 0 Å². The van der Waals surface area contributed by atoms with E-state index in [0.717, 1.165) is 89.9 Å². The van der Waals surface area contributed by atoms with Crippen LogP contribution in [0.4, 0.5) is 0 Å². The van der Waals surface area contributed by atoms with Crippen LogP contribution in [0.2, 0.25) is 0 Å². The number of aliphatic hydroxyl groups is 9. The van der Waals surface area contributed by atoms with Gasteiger partial charge in [-0.25, -0.2) is 0 Å². The second-order valence-electron chi connectivity index (χ2n) is 34.9. The third-order valence-corrected chi connectivity index (χ3v) is 21.5. The number of carboxylic acid groups (broad SMARTS) is 5. The van der Waals surface area contributed by atoms with Crippen molar-refractivity contribution in [1.82, 2.24) is 0 Å². The maximum absolute atomic E-state index is 11.4. The summed E-state index contributed by atoms with van der Waals surface area (Å²) in [6, 6.07) is 0. The summed E-state index contributed by atoms with van der Waals surface area (Å²) in [6.07, 6.45) is 90.1. The van der Waals surface area contributed by atoms with Crippen molar-refractivity contribution in [1.29, 1.82) is 0 Å². The predicted molar refractivity (Wildman–Crippen MR) is 520 cm³/mol. The number of carboxylic acids is 5. The zero-order valence-corrected chi connectivity index (χ0v) is 91.8. The maximum Gasteiger partial charge on any atom is 1.00 e. The molecule has 0 aromatic carbocycles. The van der Waals surface area contributed by atoms with E-state index < -0.39 is 48.2 Å². The molecule has 0 saturated carbocycles. The Morgan fingerprint density at radius 2 is 0.406 bits per heavy atom. The van der Waals surface area contributed by atoms with Crippen LogP contribution in [0.1, 0.15) is 556 Å². The summed E-state index contributed by atoms with van der Waals surface area (Å²) in [7, 11) is 0. The van der Waals surface area contributed by atoms with Gasteiger partial charge in [-0.05, 0) is 78.1 Å². The van der Waals surface area contributed by atoms with Crippen LogP contribution in [0.3, 0.4) is 0 Å². The minimum Gasteiger partial charge on any atom is -0.550 e. The fourth-order valence-electron chi connectivity index (χ4n) is 13.3. The van der Waals surface area contributed by atoms with E-state index >= 15 is 0 Å². The van der Waals surface area contributed by atoms with Gasteiger partial charge in [-0.2, -0.15) is 0 Å². The number of ether oxygens (including phenoxy) is 2. The van der Waals surface area contributed by atoms with Crippen LogP contribution in [0.5, 0.6) is 0 Å². The Morgan fingerprint density at radius 3 is 0.547 bits per heavy atom. The Bertz CT molecular complexity index is 1920. The molecule has 0 bridgehead atoms. The number of esters is 1. The summed E-state index contributed by atoms with van der Waals surface area (Å²) in [5, 5.41) is 121. The molecule has 0 aromatic rings. The molecule has 12 N–H and O–H groups in total. The molecule has 24 heteroatoms. The molecule has 0 amide bonds. The second-order valence-corrected chi connectivity index (χ2v) is 34.9. The summed E-state index contributed by atoms with van der Waals surface area (Å²) in [6.45, 7) is 16.4. The van der Waals surface area contributed by atoms with Crippen molar-refractivity contribution < 1.29 is 213 Å². The normalized spacial score (nSPS) is 11.1. The van der Waals surface area contributed by atoms with Crippen molar-refractivity contribution in [3.8, 4) is 0 Å². The summed E-state index contributed by atoms with van der Waals surface area (Å²) < 4.78 is 9.82. The van der Waals surface area contributed by atoms with Gasteiger partial charge in [0.2, 0.25) is 0 Å². The number of unbranched alkanes of at least 4 members (excludes halogenated alkanes) is 65. The molecular weight excluding hydrogens is 1680 g/mol. The summed E-state index contributed by atoms with van der Waals surface area (Å²) >= 11 is 0. The SMILES string of the molecule is CC(O)COC(C)CO.CCCCCCCCCCCC(=O)O.CCCCCCCCCCCC(=O)[O-].CCCCCCCCCCCCCC(=O)O.CCCCCCCCCCCCCC(=O)[O-].CCCCCCCCCCCCCCCCCC(=O)O.CCCCCCCCCCCCCCCCCC(=O)OCC(O)CO.OCC(O)CO.OCCCCO.[K+].[K+]. The van der Waals surface area contributed by atoms with Crippen LogP contribution < -0.4 is 113 Å². The van der Waals surface area contributed by atoms with E-state index in [0.29, 0.717) is 32.3 Å². The van der Waals surface area contributed by atoms with Gasteiger partial charge in [0, 0.05) is 50.8 Å². The number of hydrogen-bond donors (Lipinski definition) is 12. The number of hydrogen-bond acceptors (Lipinski definition) is 19. The first-order valence-electron chi connectivity index (χ1n) is 52.5. The van der Waals surface area contributed by atoms with Crippen molar-refractivity contribution >= 4 is 35.8 Å². The Kier molecular flexibility index (Phi) is 170. The van der Waals surface area contributed by atoms with Crippen LogP contribution in [0.25, 0.3) is 0 Å². The van der Waals surface area contributed by atoms with Gasteiger partial charge < -0.3 is 90.6 Å². The average molecular weight is 1890 g/mol. The molecule has 0 aliphatic rings. The Labute approximate surface area is 873 Å². The predicted octanol–water partition coefficient (Wildman–Crippen LogP) is 18.2. The molecule has 22 nitrogen and oxygen atoms in total. The van der Waals surface area contributed by atoms with Gasteiger partial charge in [0.05, 0.1) is 45.2 Å². The molecule has 0 aliphatic heterocycles. The topological polar surface area (TPSA) is 410 Å². The minimum atomic E-state index is -0.954. The Hall–Kier alpha value is -0.307. The van der Waals surface area contributed by atoms with Crippen molar-refractivity contribution in [2.75, 3.05) is 52.9 Å². The van der Waals surface area contributed by atoms with Crippen LogP contribution in [0.15, 0.2) is 0 Å². The molecular formula is C104H212K2O22. The number of aliphatic carboxylic acids is 5. The summed E-state index contributed by atoms with van der Waals surface area (Å²) in [5.74, 6) is -4.06. The standard InChI is InChI=1S/C21H42O4.C18H36O2.2C14H28O2.2C12H24O2.C6H14O3.C4H10O2.C3H8O3.2K/c1-2-3-4-5-6-7-8-9-10-11-12-13-14-15-16-17-21(24)25-19-20(23)18-22;1-2-3-4-5-6-7-8-9-10-11-12-13-14-15-16-17-18(19)20;2*1-2-3-4-5-6-7-8-9-10-11-12-13-14(15)16;2*1-2-3-4-5-6-7-8-9-10-11-12(13)14;1-5(8)4-9-6(2)3-7;5-3-1-2-4-6;4-1-3(6)2-5;;/h20,22-23H,2-19H2,1H3;2-17H2,1H3,(H,19,20);2*2-13H2,1H3,(H,15,16);2*2-11H2,1H3,(H,13,14);5-8H,3-4H2,1-2H3;5-6H,1-4H2;3-6H,1-2H2;;/q;;;;;;;;;2*+1/p-2. The Balaban J connectivity index is -0.000000137. The summed E-state index contributed by atoms with van der Waals surface area (Å²) in [5.41, 5.74) is 0. The number of aliphatic hydroxyl groups excluding tert-OH is 9. The van der Waals surface area contributed by atoms with E-state index in [1.807, 2.05) is 0 Å². The zero-order chi connectivity index (χ0) is 96.0. The average Bonchev–Trinajstić information content (AvgIpc) is 1.02. The molecule has 0 aliphatic carbocycles. The first-order chi connectivity index (χ1) is 60.9. The summed E-state index contributed by atoms with van der Waals surface area (Å²) in [4.78, 5) is 62.4. The van der Waals surface area contributed by atoms with Gasteiger partial charge in [-0.3, -0.25) is 19.2 Å². The van der Waals surface area contributed by atoms with Gasteiger partial charge in [0.25, 0.3) is 0 Å². The number of rotatable bonds is 88. The van der Waals surface area contributed by atoms with Gasteiger partial charge in [0.1, 0.15) is 18.8 Å². The van der Waals surface area contributed by atoms with Crippen molar-refractivity contribution in [3.63, 3.8) is 0 Å². The largest absolute Gasteiger partial charge is 1.00 e. The minimum absolute atomic E-state index is 0. The quantitative estimate of drug-likeness (QED) is 0.0153. The first kappa shape index (κ1) is 151. The van der Waals surface area contributed by atoms with Crippen molar-refractivity contribution in [2.24, 2.45) is 0 Å². The molecule has 3 atom stereocenters. The molecule has 0 saturated heterocycles. The van der Waals surface area contributed by atoms with Crippen molar-refractivity contribution in [3.05, 3.63) is 0 Å². The molecule has 0 radical (unpaired) electrons. The van der Waals surface area contributed by atoms with Crippen LogP contribution in [-0.4, -0.2) is 174 Å². The molecule has 0 rings (SSSR count). The number of carbonyl (C=O) groups excluding carboxylic acids is 3. The molecule has 0 fully saturated rings. The second kappa shape index (κ2) is 145. The maximum atomic E-state index is 11.4. The Morgan fingerprint density at radius 1 is 0.234 bits per heavy atom. The van der Waals surface area contributed by atoms with Crippen molar-refractivity contribution in [2.45, 2.75) is 581 Å². The van der Waals surface area contributed by atoms with E-state index in [1.54, 1.807) is 13.8 Å². The van der Waals surface area contributed by atoms with Crippen LogP contribution in [-0.2, 0) is 38.2 Å². The zero-order valence-electron chi connectivity index (χ0n) is 85.6. The third-order valence-electron chi connectivity index (χ3n) is 21.5. The molecule has 0 heterocycles. The molecule has 0 spiro atoms. The molecule has 0 aromatic heterocycles. The monoisotopic (exact) mass is 1890 g/mol. The van der Waals surface area contributed by atoms with E-state index in [1.165, 1.54) is 372 Å². The van der Waals surface area contributed by atoms with E-state index in [2.05, 4.69) is 41.5 Å². The smallest absolute Gasteiger partial charge is 0.550 e. The third kappa shape index (κ3) is 185. The van der Waals surface area contributed by atoms with E-state index in [-0.39, 0.29) is 174 Å². The fraction of sp³-hybridized carbons (Fsp3) is 0.942. The molecule has 3 unspecified atom stereocenters. The van der Waals surface area contributed by atoms with Crippen LogP contribution >= 0.6 is 0 Å². The van der Waals surface area contributed by atoms with Gasteiger partial charge in [-0.1, -0.05) is 452 Å². The van der Waals surface area contributed by atoms with E-state index in [9.17, 15) is 39.0 Å².